The van der Waals surface area contributed by atoms with Crippen molar-refractivity contribution >= 4 is 12.4 Å². The molecule has 0 bridgehead atoms. The minimum atomic E-state index is 0.451. The van der Waals surface area contributed by atoms with Crippen LogP contribution in [0.15, 0.2) is 36.4 Å². The third-order valence-corrected chi connectivity index (χ3v) is 2.15. The second kappa shape index (κ2) is 6.14. The molecule has 0 saturated carbocycles. The van der Waals surface area contributed by atoms with Crippen molar-refractivity contribution in [3.63, 3.8) is 0 Å². The zero-order chi connectivity index (χ0) is 10.2. The minimum Gasteiger partial charge on any atom is -0.303 e. The van der Waals surface area contributed by atoms with Gasteiger partial charge in [-0.15, -0.1) is 0 Å². The summed E-state index contributed by atoms with van der Waals surface area (Å²) in [5.41, 5.74) is 1.21. The van der Waals surface area contributed by atoms with Gasteiger partial charge in [0.2, 0.25) is 0 Å². The van der Waals surface area contributed by atoms with Crippen LogP contribution in [0.25, 0.3) is 6.08 Å². The molecule has 0 saturated heterocycles. The number of carbonyl (C=O) groups excluding carboxylic acids is 1. The van der Waals surface area contributed by atoms with Crippen LogP contribution in [-0.2, 0) is 4.79 Å². The van der Waals surface area contributed by atoms with E-state index in [9.17, 15) is 4.79 Å². The third-order valence-electron chi connectivity index (χ3n) is 2.15. The first kappa shape index (κ1) is 10.7. The molecule has 0 aliphatic carbocycles. The lowest BCUT2D eigenvalue weighted by molar-refractivity contribution is -0.108. The molecule has 74 valence electrons. The summed E-state index contributed by atoms with van der Waals surface area (Å²) >= 11 is 0. The van der Waals surface area contributed by atoms with Gasteiger partial charge >= 0.3 is 0 Å². The van der Waals surface area contributed by atoms with Gasteiger partial charge in [0, 0.05) is 6.42 Å². The molecule has 1 heteroatoms. The van der Waals surface area contributed by atoms with Crippen molar-refractivity contribution in [1.29, 1.82) is 0 Å². The molecule has 1 rings (SSSR count). The Bertz CT molecular complexity index is 287. The van der Waals surface area contributed by atoms with E-state index in [0.717, 1.165) is 12.7 Å². The van der Waals surface area contributed by atoms with Gasteiger partial charge in [0.15, 0.2) is 0 Å². The number of benzene rings is 1. The molecule has 1 nitrogen and oxygen atoms in total. The highest BCUT2D eigenvalue weighted by Gasteiger charge is 1.96. The van der Waals surface area contributed by atoms with Crippen LogP contribution < -0.4 is 0 Å². The Kier molecular flexibility index (Phi) is 4.70. The van der Waals surface area contributed by atoms with Crippen molar-refractivity contribution < 1.29 is 4.79 Å². The molecule has 0 aliphatic rings. The summed E-state index contributed by atoms with van der Waals surface area (Å²) < 4.78 is 0. The summed E-state index contributed by atoms with van der Waals surface area (Å²) in [6.45, 7) is 2.09. The zero-order valence-corrected chi connectivity index (χ0v) is 8.52. The normalized spacial score (nSPS) is 12.9. The van der Waals surface area contributed by atoms with E-state index in [4.69, 9.17) is 0 Å². The van der Waals surface area contributed by atoms with Gasteiger partial charge in [-0.2, -0.15) is 0 Å². The van der Waals surface area contributed by atoms with Gasteiger partial charge in [0.1, 0.15) is 6.29 Å². The lowest BCUT2D eigenvalue weighted by Crippen LogP contribution is -1.92. The fourth-order valence-electron chi connectivity index (χ4n) is 1.26. The van der Waals surface area contributed by atoms with Gasteiger partial charge in [-0.1, -0.05) is 49.4 Å². The second-order valence-corrected chi connectivity index (χ2v) is 3.56. The van der Waals surface area contributed by atoms with Gasteiger partial charge in [0.05, 0.1) is 0 Å². The lowest BCUT2D eigenvalue weighted by atomic mass is 10.0. The van der Waals surface area contributed by atoms with Gasteiger partial charge in [-0.25, -0.2) is 0 Å². The first-order valence-electron chi connectivity index (χ1n) is 4.98. The quantitative estimate of drug-likeness (QED) is 0.648. The smallest absolute Gasteiger partial charge is 0.120 e. The molecule has 1 aromatic rings. The molecule has 0 aliphatic heterocycles. The van der Waals surface area contributed by atoms with Gasteiger partial charge in [-0.3, -0.25) is 0 Å². The average molecular weight is 188 g/mol. The van der Waals surface area contributed by atoms with E-state index in [-0.39, 0.29) is 0 Å². The van der Waals surface area contributed by atoms with Crippen LogP contribution in [0.3, 0.4) is 0 Å². The van der Waals surface area contributed by atoms with E-state index in [1.54, 1.807) is 0 Å². The summed E-state index contributed by atoms with van der Waals surface area (Å²) in [6.07, 6.45) is 6.83. The Morgan fingerprint density at radius 3 is 2.57 bits per heavy atom. The Hall–Kier alpha value is -1.37. The maximum atomic E-state index is 10.2. The Morgan fingerprint density at radius 1 is 1.21 bits per heavy atom. The molecule has 0 aromatic heterocycles. The number of aldehydes is 1. The monoisotopic (exact) mass is 188 g/mol. The number of carbonyl (C=O) groups is 1. The number of hydrogen-bond donors (Lipinski definition) is 0. The average Bonchev–Trinajstić information content (AvgIpc) is 2.20. The highest BCUT2D eigenvalue weighted by atomic mass is 16.1. The van der Waals surface area contributed by atoms with Crippen LogP contribution in [0, 0.1) is 5.92 Å². The Morgan fingerprint density at radius 2 is 1.93 bits per heavy atom. The second-order valence-electron chi connectivity index (χ2n) is 3.56. The fourth-order valence-corrected chi connectivity index (χ4v) is 1.26. The summed E-state index contributed by atoms with van der Waals surface area (Å²) in [5.74, 6) is 0.451. The van der Waals surface area contributed by atoms with Gasteiger partial charge in [0.25, 0.3) is 0 Å². The predicted octanol–water partition coefficient (Wildman–Crippen LogP) is 3.32. The number of rotatable bonds is 5. The molecule has 0 amide bonds. The summed E-state index contributed by atoms with van der Waals surface area (Å²) in [7, 11) is 0. The molecule has 0 fully saturated rings. The van der Waals surface area contributed by atoms with Crippen molar-refractivity contribution in [3.8, 4) is 0 Å². The van der Waals surface area contributed by atoms with Crippen LogP contribution in [-0.4, -0.2) is 6.29 Å². The van der Waals surface area contributed by atoms with Gasteiger partial charge < -0.3 is 4.79 Å². The molecule has 0 spiro atoms. The highest BCUT2D eigenvalue weighted by Crippen LogP contribution is 2.08. The van der Waals surface area contributed by atoms with Crippen LogP contribution in [0.1, 0.15) is 25.3 Å². The minimum absolute atomic E-state index is 0.451. The maximum absolute atomic E-state index is 10.2. The SMILES string of the molecule is CC(CC=O)C/C=C/c1ccccc1. The fraction of sp³-hybridized carbons (Fsp3) is 0.308. The van der Waals surface area contributed by atoms with E-state index in [1.165, 1.54) is 5.56 Å². The van der Waals surface area contributed by atoms with Crippen LogP contribution in [0.2, 0.25) is 0 Å². The topological polar surface area (TPSA) is 17.1 Å². The van der Waals surface area contributed by atoms with E-state index in [1.807, 2.05) is 18.2 Å². The molecule has 0 radical (unpaired) electrons. The molecule has 14 heavy (non-hydrogen) atoms. The molecule has 1 atom stereocenters. The first-order chi connectivity index (χ1) is 6.83. The van der Waals surface area contributed by atoms with Crippen molar-refractivity contribution in [2.75, 3.05) is 0 Å². The third kappa shape index (κ3) is 4.04. The maximum Gasteiger partial charge on any atom is 0.120 e. The Labute approximate surface area is 85.5 Å². The molecule has 0 N–H and O–H groups in total. The standard InChI is InChI=1S/C13H16O/c1-12(10-11-14)6-5-9-13-7-3-2-4-8-13/h2-5,7-9,11-12H,6,10H2,1H3/b9-5+. The summed E-state index contributed by atoms with van der Waals surface area (Å²) in [4.78, 5) is 10.2. The van der Waals surface area contributed by atoms with Crippen molar-refractivity contribution in [3.05, 3.63) is 42.0 Å². The molecule has 1 aromatic carbocycles. The van der Waals surface area contributed by atoms with E-state index in [2.05, 4.69) is 31.2 Å². The summed E-state index contributed by atoms with van der Waals surface area (Å²) in [5, 5.41) is 0. The Balaban J connectivity index is 2.37. The molecule has 1 unspecified atom stereocenters. The summed E-state index contributed by atoms with van der Waals surface area (Å²) in [6, 6.07) is 10.2. The van der Waals surface area contributed by atoms with E-state index < -0.39 is 0 Å². The number of hydrogen-bond acceptors (Lipinski definition) is 1. The molecular formula is C13H16O. The largest absolute Gasteiger partial charge is 0.303 e. The van der Waals surface area contributed by atoms with Crippen LogP contribution in [0.5, 0.6) is 0 Å². The van der Waals surface area contributed by atoms with E-state index >= 15 is 0 Å². The lowest BCUT2D eigenvalue weighted by Gasteiger charge is -2.01. The zero-order valence-electron chi connectivity index (χ0n) is 8.52. The van der Waals surface area contributed by atoms with Crippen molar-refractivity contribution in [2.24, 2.45) is 5.92 Å². The first-order valence-corrected chi connectivity index (χ1v) is 4.98. The number of allylic oxidation sites excluding steroid dienone is 1. The van der Waals surface area contributed by atoms with Crippen LogP contribution in [0.4, 0.5) is 0 Å². The highest BCUT2D eigenvalue weighted by molar-refractivity contribution is 5.50. The van der Waals surface area contributed by atoms with E-state index in [0.29, 0.717) is 12.3 Å². The predicted molar refractivity (Wildman–Crippen MR) is 59.9 cm³/mol. The molecule has 0 heterocycles. The van der Waals surface area contributed by atoms with Crippen LogP contribution >= 0.6 is 0 Å². The van der Waals surface area contributed by atoms with Crippen molar-refractivity contribution in [1.82, 2.24) is 0 Å². The van der Waals surface area contributed by atoms with Crippen molar-refractivity contribution in [2.45, 2.75) is 19.8 Å². The van der Waals surface area contributed by atoms with Gasteiger partial charge in [-0.05, 0) is 17.9 Å². The molecular weight excluding hydrogens is 172 g/mol.